The largest absolute Gasteiger partial charge is 0.458 e. The van der Waals surface area contributed by atoms with E-state index in [4.69, 9.17) is 4.74 Å². The van der Waals surface area contributed by atoms with Gasteiger partial charge in [-0.25, -0.2) is 4.79 Å². The Hall–Kier alpha value is -0.710. The maximum atomic E-state index is 11.6. The number of carbonyl (C=O) groups excluding carboxylic acids is 1. The van der Waals surface area contributed by atoms with Crippen molar-refractivity contribution in [1.29, 1.82) is 0 Å². The van der Waals surface area contributed by atoms with E-state index in [-0.39, 0.29) is 0 Å². The zero-order chi connectivity index (χ0) is 14.2. The second-order valence-electron chi connectivity index (χ2n) is 4.64. The van der Waals surface area contributed by atoms with E-state index < -0.39 is 49.6 Å². The highest BCUT2D eigenvalue weighted by Gasteiger charge is 2.38. The molecule has 1 rings (SSSR count). The van der Waals surface area contributed by atoms with Crippen LogP contribution in [0.4, 0.5) is 0 Å². The summed E-state index contributed by atoms with van der Waals surface area (Å²) in [7, 11) is -8.65. The van der Waals surface area contributed by atoms with Crippen LogP contribution in [0.15, 0.2) is 0 Å². The van der Waals surface area contributed by atoms with Crippen molar-refractivity contribution in [2.45, 2.75) is 32.5 Å². The van der Waals surface area contributed by atoms with Gasteiger partial charge in [0, 0.05) is 0 Å². The van der Waals surface area contributed by atoms with Gasteiger partial charge < -0.3 is 4.74 Å². The van der Waals surface area contributed by atoms with Gasteiger partial charge in [-0.15, -0.1) is 0 Å². The third-order valence-electron chi connectivity index (χ3n) is 1.62. The fourth-order valence-corrected chi connectivity index (χ4v) is 3.81. The highest BCUT2D eigenvalue weighted by atomic mass is 32.3. The van der Waals surface area contributed by atoms with E-state index in [9.17, 15) is 21.6 Å². The molecule has 10 heteroatoms. The first kappa shape index (κ1) is 15.3. The van der Waals surface area contributed by atoms with E-state index in [0.717, 1.165) is 0 Å². The van der Waals surface area contributed by atoms with Gasteiger partial charge in [-0.2, -0.15) is 16.8 Å². The molecule has 1 heterocycles. The van der Waals surface area contributed by atoms with Crippen LogP contribution in [0.3, 0.4) is 0 Å². The third-order valence-corrected chi connectivity index (χ3v) is 4.95. The Kier molecular flexibility index (Phi) is 4.06. The Morgan fingerprint density at radius 1 is 1.17 bits per heavy atom. The molecule has 1 aliphatic heterocycles. The summed E-state index contributed by atoms with van der Waals surface area (Å²) in [6, 6.07) is 0. The fourth-order valence-electron chi connectivity index (χ4n) is 1.08. The summed E-state index contributed by atoms with van der Waals surface area (Å²) in [5, 5.41) is -1.32. The van der Waals surface area contributed by atoms with Gasteiger partial charge in [0.15, 0.2) is 6.10 Å². The average molecular weight is 302 g/mol. The van der Waals surface area contributed by atoms with Crippen LogP contribution in [0.1, 0.15) is 20.8 Å². The van der Waals surface area contributed by atoms with Crippen molar-refractivity contribution in [2.24, 2.45) is 0 Å². The normalized spacial score (nSPS) is 27.2. The van der Waals surface area contributed by atoms with Crippen LogP contribution in [0.2, 0.25) is 0 Å². The van der Waals surface area contributed by atoms with Crippen molar-refractivity contribution in [3.63, 3.8) is 0 Å². The van der Waals surface area contributed by atoms with Gasteiger partial charge >= 0.3 is 5.97 Å². The van der Waals surface area contributed by atoms with Gasteiger partial charge in [0.25, 0.3) is 20.2 Å². The van der Waals surface area contributed by atoms with Gasteiger partial charge in [0.05, 0.1) is 0 Å². The highest BCUT2D eigenvalue weighted by molar-refractivity contribution is 8.03. The molecule has 0 amide bonds. The molecule has 0 radical (unpaired) electrons. The van der Waals surface area contributed by atoms with E-state index in [1.807, 2.05) is 0 Å². The molecule has 0 aromatic heterocycles. The number of carbonyl (C=O) groups is 1. The molecule has 8 nitrogen and oxygen atoms in total. The number of esters is 1. The smallest absolute Gasteiger partial charge is 0.339 e. The summed E-state index contributed by atoms with van der Waals surface area (Å²) in [4.78, 5) is 11.6. The molecule has 0 N–H and O–H groups in total. The van der Waals surface area contributed by atoms with Crippen molar-refractivity contribution in [2.75, 3.05) is 11.7 Å². The SMILES string of the molecule is CC(C)(C)OC(=O)C1COS(=O)(=O)CS(=O)(=O)O1. The van der Waals surface area contributed by atoms with Crippen LogP contribution in [0, 0.1) is 0 Å². The Morgan fingerprint density at radius 3 is 2.22 bits per heavy atom. The maximum Gasteiger partial charge on any atom is 0.339 e. The minimum absolute atomic E-state index is 0.726. The molecule has 0 saturated carbocycles. The van der Waals surface area contributed by atoms with Crippen molar-refractivity contribution in [3.8, 4) is 0 Å². The van der Waals surface area contributed by atoms with Crippen LogP contribution in [-0.4, -0.2) is 46.2 Å². The number of hydrogen-bond donors (Lipinski definition) is 0. The van der Waals surface area contributed by atoms with E-state index >= 15 is 0 Å². The van der Waals surface area contributed by atoms with E-state index in [0.29, 0.717) is 0 Å². The van der Waals surface area contributed by atoms with Crippen molar-refractivity contribution < 1.29 is 34.7 Å². The second kappa shape index (κ2) is 4.76. The lowest BCUT2D eigenvalue weighted by Gasteiger charge is -2.22. The Labute approximate surface area is 105 Å². The minimum Gasteiger partial charge on any atom is -0.458 e. The quantitative estimate of drug-likeness (QED) is 0.464. The summed E-state index contributed by atoms with van der Waals surface area (Å²) in [5.74, 6) is -0.997. The summed E-state index contributed by atoms with van der Waals surface area (Å²) >= 11 is 0. The molecule has 1 unspecified atom stereocenters. The lowest BCUT2D eigenvalue weighted by Crippen LogP contribution is -2.36. The monoisotopic (exact) mass is 302 g/mol. The lowest BCUT2D eigenvalue weighted by molar-refractivity contribution is -0.164. The molecule has 0 spiro atoms. The zero-order valence-corrected chi connectivity index (χ0v) is 11.7. The van der Waals surface area contributed by atoms with E-state index in [2.05, 4.69) is 8.37 Å². The molecule has 0 bridgehead atoms. The number of ether oxygens (including phenoxy) is 1. The molecule has 1 atom stereocenters. The standard InChI is InChI=1S/C8H14O8S2/c1-8(2,3)15-7(9)6-4-14-17(10,11)5-18(12,13)16-6/h6H,4-5H2,1-3H3. The first-order chi connectivity index (χ1) is 7.90. The third kappa shape index (κ3) is 4.88. The van der Waals surface area contributed by atoms with Crippen molar-refractivity contribution in [1.82, 2.24) is 0 Å². The molecule has 1 fully saturated rings. The van der Waals surface area contributed by atoms with E-state index in [1.165, 1.54) is 0 Å². The topological polar surface area (TPSA) is 113 Å². The summed E-state index contributed by atoms with van der Waals surface area (Å²) in [5.41, 5.74) is -0.852. The number of hydrogen-bond acceptors (Lipinski definition) is 8. The predicted molar refractivity (Wildman–Crippen MR) is 59.4 cm³/mol. The van der Waals surface area contributed by atoms with Crippen LogP contribution in [0.25, 0.3) is 0 Å². The molecule has 106 valence electrons. The van der Waals surface area contributed by atoms with Gasteiger partial charge in [-0.1, -0.05) is 0 Å². The molecule has 1 saturated heterocycles. The van der Waals surface area contributed by atoms with Crippen molar-refractivity contribution >= 4 is 26.2 Å². The van der Waals surface area contributed by atoms with Gasteiger partial charge in [0.1, 0.15) is 12.2 Å². The van der Waals surface area contributed by atoms with Gasteiger partial charge in [-0.3, -0.25) is 8.37 Å². The average Bonchev–Trinajstić information content (AvgIpc) is 2.16. The Bertz CT molecular complexity index is 524. The van der Waals surface area contributed by atoms with Crippen LogP contribution in [-0.2, 0) is 38.1 Å². The summed E-state index contributed by atoms with van der Waals surface area (Å²) in [6.07, 6.45) is -1.62. The highest BCUT2D eigenvalue weighted by Crippen LogP contribution is 2.16. The maximum absolute atomic E-state index is 11.6. The molecular weight excluding hydrogens is 288 g/mol. The molecule has 0 aromatic rings. The summed E-state index contributed by atoms with van der Waals surface area (Å²) < 4.78 is 58.4. The molecule has 18 heavy (non-hydrogen) atoms. The molecule has 1 aliphatic rings. The first-order valence-corrected chi connectivity index (χ1v) is 8.07. The Balaban J connectivity index is 2.89. The molecular formula is C8H14O8S2. The van der Waals surface area contributed by atoms with Gasteiger partial charge in [0.2, 0.25) is 5.08 Å². The fraction of sp³-hybridized carbons (Fsp3) is 0.875. The second-order valence-corrected chi connectivity index (χ2v) is 8.24. The number of rotatable bonds is 1. The van der Waals surface area contributed by atoms with E-state index in [1.54, 1.807) is 20.8 Å². The molecule has 0 aliphatic carbocycles. The van der Waals surface area contributed by atoms with Crippen LogP contribution >= 0.6 is 0 Å². The lowest BCUT2D eigenvalue weighted by atomic mass is 10.2. The van der Waals surface area contributed by atoms with Crippen molar-refractivity contribution in [3.05, 3.63) is 0 Å². The Morgan fingerprint density at radius 2 is 1.72 bits per heavy atom. The summed E-state index contributed by atoms with van der Waals surface area (Å²) in [6.45, 7) is 4.01. The molecule has 0 aromatic carbocycles. The zero-order valence-electron chi connectivity index (χ0n) is 10.1. The minimum atomic E-state index is -4.39. The van der Waals surface area contributed by atoms with Crippen LogP contribution < -0.4 is 0 Å². The first-order valence-electron chi connectivity index (χ1n) is 4.91. The predicted octanol–water partition coefficient (Wildman–Crippen LogP) is -0.639. The van der Waals surface area contributed by atoms with Gasteiger partial charge in [-0.05, 0) is 20.8 Å². The van der Waals surface area contributed by atoms with Crippen LogP contribution in [0.5, 0.6) is 0 Å².